The van der Waals surface area contributed by atoms with Gasteiger partial charge in [0.15, 0.2) is 5.56 Å². The van der Waals surface area contributed by atoms with Gasteiger partial charge in [-0.25, -0.2) is 0 Å². The van der Waals surface area contributed by atoms with Gasteiger partial charge in [0.05, 0.1) is 0 Å². The Bertz CT molecular complexity index is 75.8. The van der Waals surface area contributed by atoms with Gasteiger partial charge < -0.3 is 10.1 Å². The maximum Gasteiger partial charge on any atom is 0.180 e. The molecule has 3 heteroatoms. The van der Waals surface area contributed by atoms with Crippen molar-refractivity contribution in [2.75, 3.05) is 7.11 Å². The van der Waals surface area contributed by atoms with E-state index in [0.29, 0.717) is 0 Å². The van der Waals surface area contributed by atoms with Gasteiger partial charge >= 0.3 is 0 Å². The summed E-state index contributed by atoms with van der Waals surface area (Å²) >= 11 is 1.50. The third kappa shape index (κ3) is 1.11. The molecule has 0 bridgehead atoms. The molecule has 1 rings (SSSR count). The number of hydrogen-bond acceptors (Lipinski definition) is 3. The first-order valence-electron chi connectivity index (χ1n) is 1.95. The van der Waals surface area contributed by atoms with Crippen molar-refractivity contribution in [3.05, 3.63) is 11.6 Å². The molecule has 0 aromatic heterocycles. The summed E-state index contributed by atoms with van der Waals surface area (Å²) in [6, 6.07) is 0. The van der Waals surface area contributed by atoms with Crippen LogP contribution in [0, 0.1) is 5.41 Å². The molecule has 1 aliphatic rings. The van der Waals surface area contributed by atoms with Gasteiger partial charge in [-0.3, -0.25) is 0 Å². The molecule has 0 saturated carbocycles. The van der Waals surface area contributed by atoms with Crippen molar-refractivity contribution in [1.29, 1.82) is 0 Å². The zero-order valence-corrected chi connectivity index (χ0v) is 4.79. The lowest BCUT2D eigenvalue weighted by molar-refractivity contribution is 0.160. The Morgan fingerprint density at radius 2 is 2.86 bits per heavy atom. The predicted molar refractivity (Wildman–Crippen MR) is 29.3 cm³/mol. The zero-order valence-electron chi connectivity index (χ0n) is 3.97. The fourth-order valence-corrected chi connectivity index (χ4v) is 0.840. The van der Waals surface area contributed by atoms with Crippen LogP contribution in [0.25, 0.3) is 0 Å². The fraction of sp³-hybridized carbons (Fsp3) is 0.500. The van der Waals surface area contributed by atoms with Crippen LogP contribution in [0.4, 0.5) is 0 Å². The topological polar surface area (TPSA) is 21.3 Å². The van der Waals surface area contributed by atoms with Crippen molar-refractivity contribution in [2.45, 2.75) is 5.56 Å². The molecule has 7 heavy (non-hydrogen) atoms. The number of hydrogen-bond donors (Lipinski definition) is 1. The highest BCUT2D eigenvalue weighted by molar-refractivity contribution is 8.01. The Morgan fingerprint density at radius 3 is 3.14 bits per heavy atom. The van der Waals surface area contributed by atoms with E-state index < -0.39 is 0 Å². The monoisotopic (exact) mass is 116 g/mol. The summed E-state index contributed by atoms with van der Waals surface area (Å²) in [5.41, 5.74) is 0.0972. The van der Waals surface area contributed by atoms with Gasteiger partial charge in [-0.15, -0.1) is 0 Å². The smallest absolute Gasteiger partial charge is 0.180 e. The van der Waals surface area contributed by atoms with Crippen molar-refractivity contribution in [2.24, 2.45) is 0 Å². The van der Waals surface area contributed by atoms with Crippen LogP contribution < -0.4 is 5.32 Å². The Morgan fingerprint density at radius 1 is 2.00 bits per heavy atom. The molecule has 0 fully saturated rings. The molecule has 2 nitrogen and oxygen atoms in total. The van der Waals surface area contributed by atoms with E-state index in [1.807, 2.05) is 0 Å². The highest BCUT2D eigenvalue weighted by atomic mass is 32.2. The lowest BCUT2D eigenvalue weighted by Crippen LogP contribution is -2.17. The molecule has 1 N–H and O–H groups in total. The Labute approximate surface area is 46.9 Å². The molecular weight excluding hydrogens is 110 g/mol. The molecule has 0 aliphatic carbocycles. The van der Waals surface area contributed by atoms with Gasteiger partial charge in [0.1, 0.15) is 0 Å². The molecule has 1 unspecified atom stereocenters. The SMILES string of the molecule is COC1NC=[C]S1. The van der Waals surface area contributed by atoms with Crippen LogP contribution in [0.5, 0.6) is 0 Å². The van der Waals surface area contributed by atoms with Crippen LogP contribution in [-0.4, -0.2) is 12.7 Å². The van der Waals surface area contributed by atoms with Crippen molar-refractivity contribution >= 4 is 11.8 Å². The summed E-state index contributed by atoms with van der Waals surface area (Å²) in [4.78, 5) is 0. The van der Waals surface area contributed by atoms with Crippen LogP contribution in [0.1, 0.15) is 0 Å². The summed E-state index contributed by atoms with van der Waals surface area (Å²) in [6.45, 7) is 0. The molecular formula is C4H6NOS. The van der Waals surface area contributed by atoms with Gasteiger partial charge in [0.2, 0.25) is 0 Å². The van der Waals surface area contributed by atoms with E-state index in [1.165, 1.54) is 11.8 Å². The van der Waals surface area contributed by atoms with E-state index in [1.54, 1.807) is 13.3 Å². The minimum absolute atomic E-state index is 0.0972. The normalized spacial score (nSPS) is 27.9. The molecule has 0 saturated heterocycles. The molecule has 1 atom stereocenters. The fourth-order valence-electron chi connectivity index (χ4n) is 0.348. The van der Waals surface area contributed by atoms with E-state index in [4.69, 9.17) is 4.74 Å². The highest BCUT2D eigenvalue weighted by Gasteiger charge is 2.05. The summed E-state index contributed by atoms with van der Waals surface area (Å²) in [5, 5.41) is 5.79. The lowest BCUT2D eigenvalue weighted by atomic mass is 11.0. The van der Waals surface area contributed by atoms with Gasteiger partial charge in [-0.05, 0) is 0 Å². The minimum atomic E-state index is 0.0972. The number of rotatable bonds is 1. The summed E-state index contributed by atoms with van der Waals surface area (Å²) in [5.74, 6) is 0. The molecule has 0 spiro atoms. The van der Waals surface area contributed by atoms with Crippen molar-refractivity contribution in [1.82, 2.24) is 5.32 Å². The number of nitrogens with one attached hydrogen (secondary N) is 1. The van der Waals surface area contributed by atoms with Crippen molar-refractivity contribution in [3.8, 4) is 0 Å². The molecule has 1 heterocycles. The second kappa shape index (κ2) is 2.23. The first-order chi connectivity index (χ1) is 3.43. The summed E-state index contributed by atoms with van der Waals surface area (Å²) in [6.07, 6.45) is 1.75. The maximum atomic E-state index is 4.87. The van der Waals surface area contributed by atoms with E-state index in [2.05, 4.69) is 10.7 Å². The molecule has 1 aliphatic heterocycles. The van der Waals surface area contributed by atoms with Crippen molar-refractivity contribution in [3.63, 3.8) is 0 Å². The minimum Gasteiger partial charge on any atom is -0.356 e. The Balaban J connectivity index is 2.22. The summed E-state index contributed by atoms with van der Waals surface area (Å²) < 4.78 is 4.87. The lowest BCUT2D eigenvalue weighted by Gasteiger charge is -2.04. The third-order valence-electron chi connectivity index (χ3n) is 0.667. The van der Waals surface area contributed by atoms with E-state index in [0.717, 1.165) is 0 Å². The predicted octanol–water partition coefficient (Wildman–Crippen LogP) is 0.527. The highest BCUT2D eigenvalue weighted by Crippen LogP contribution is 2.13. The van der Waals surface area contributed by atoms with E-state index >= 15 is 0 Å². The largest absolute Gasteiger partial charge is 0.356 e. The van der Waals surface area contributed by atoms with Crippen LogP contribution in [-0.2, 0) is 4.74 Å². The van der Waals surface area contributed by atoms with Gasteiger partial charge in [-0.1, -0.05) is 11.8 Å². The molecule has 39 valence electrons. The van der Waals surface area contributed by atoms with Crippen LogP contribution >= 0.6 is 11.8 Å². The standard InChI is InChI=1S/C4H6NOS/c1-6-4-5-2-3-7-4/h2,4-5H,1H3. The van der Waals surface area contributed by atoms with Crippen molar-refractivity contribution < 1.29 is 4.74 Å². The molecule has 0 amide bonds. The average molecular weight is 116 g/mol. The average Bonchev–Trinajstić information content (AvgIpc) is 2.14. The zero-order chi connectivity index (χ0) is 5.11. The van der Waals surface area contributed by atoms with Crippen LogP contribution in [0.2, 0.25) is 0 Å². The molecule has 0 aromatic carbocycles. The summed E-state index contributed by atoms with van der Waals surface area (Å²) in [7, 11) is 1.66. The maximum absolute atomic E-state index is 4.87. The third-order valence-corrected chi connectivity index (χ3v) is 1.46. The second-order valence-electron chi connectivity index (χ2n) is 1.11. The number of ether oxygens (including phenoxy) is 1. The van der Waals surface area contributed by atoms with E-state index in [-0.39, 0.29) is 5.56 Å². The van der Waals surface area contributed by atoms with Gasteiger partial charge in [-0.2, -0.15) is 0 Å². The van der Waals surface area contributed by atoms with Crippen LogP contribution in [0.3, 0.4) is 0 Å². The van der Waals surface area contributed by atoms with Crippen LogP contribution in [0.15, 0.2) is 6.20 Å². The van der Waals surface area contributed by atoms with E-state index in [9.17, 15) is 0 Å². The molecule has 1 radical (unpaired) electrons. The quantitative estimate of drug-likeness (QED) is 0.540. The Hall–Kier alpha value is -0.150. The number of thioether (sulfide) groups is 1. The van der Waals surface area contributed by atoms with Gasteiger partial charge in [0.25, 0.3) is 0 Å². The second-order valence-corrected chi connectivity index (χ2v) is 2.01. The first-order valence-corrected chi connectivity index (χ1v) is 2.83. The first kappa shape index (κ1) is 5.00. The van der Waals surface area contributed by atoms with Gasteiger partial charge in [0, 0.05) is 18.7 Å². The number of methoxy groups -OCH3 is 1. The Kier molecular flexibility index (Phi) is 1.59. The molecule has 0 aromatic rings.